The summed E-state index contributed by atoms with van der Waals surface area (Å²) in [6, 6.07) is 105. The van der Waals surface area contributed by atoms with Crippen LogP contribution in [0.2, 0.25) is 0 Å². The molecule has 0 saturated heterocycles. The molecule has 0 aliphatic carbocycles. The van der Waals surface area contributed by atoms with Gasteiger partial charge in [-0.3, -0.25) is 0 Å². The maximum absolute atomic E-state index is 6.40. The summed E-state index contributed by atoms with van der Waals surface area (Å²) < 4.78 is 11.4. The van der Waals surface area contributed by atoms with Crippen LogP contribution in [0.15, 0.2) is 283 Å². The van der Waals surface area contributed by atoms with Gasteiger partial charge in [-0.05, 0) is 223 Å². The minimum absolute atomic E-state index is 0.0699. The normalized spacial score (nSPS) is 12.2. The Balaban J connectivity index is 0.867. The van der Waals surface area contributed by atoms with Crippen molar-refractivity contribution in [2.24, 2.45) is 0 Å². The number of para-hydroxylation sites is 3. The first-order valence-electron chi connectivity index (χ1n) is 32.5. The number of furan rings is 1. The van der Waals surface area contributed by atoms with Gasteiger partial charge in [0.25, 0.3) is 0 Å². The van der Waals surface area contributed by atoms with Crippen LogP contribution < -0.4 is 4.90 Å². The smallest absolute Gasteiger partial charge is 0.135 e. The molecule has 0 radical (unpaired) electrons. The monoisotopic (exact) mass is 1200 g/mol. The molecule has 92 heavy (non-hydrogen) atoms. The van der Waals surface area contributed by atoms with E-state index in [-0.39, 0.29) is 10.8 Å². The number of hydrogen-bond donors (Lipinski definition) is 0. The zero-order chi connectivity index (χ0) is 62.2. The third-order valence-corrected chi connectivity index (χ3v) is 20.3. The molecule has 0 amide bonds. The van der Waals surface area contributed by atoms with E-state index in [4.69, 9.17) is 4.42 Å². The van der Waals surface area contributed by atoms with E-state index in [0.29, 0.717) is 0 Å². The van der Waals surface area contributed by atoms with Gasteiger partial charge >= 0.3 is 0 Å². The number of aromatic nitrogens is 1. The van der Waals surface area contributed by atoms with E-state index in [9.17, 15) is 0 Å². The Kier molecular flexibility index (Phi) is 14.2. The molecule has 446 valence electrons. The SMILES string of the molecule is CC(C)(C)c1ccc(CCc2cc(N(c3ccc(-c4ccc5sc6ccccc6c5c4)cc3)c3ccc(-c4ccc5c(c4)c4ccccc4n5-c4ccccc4)cc3)cc3c(CCc4ccc(C(C)(C)C)cc4)cc(-c4ccc5oc6ccccc6c5c4)cc23)cc1. The molecule has 4 heteroatoms. The van der Waals surface area contributed by atoms with Gasteiger partial charge in [0.15, 0.2) is 0 Å². The van der Waals surface area contributed by atoms with E-state index in [0.717, 1.165) is 70.4 Å². The predicted octanol–water partition coefficient (Wildman–Crippen LogP) is 24.8. The minimum atomic E-state index is 0.0699. The van der Waals surface area contributed by atoms with Crippen LogP contribution >= 0.6 is 11.3 Å². The lowest BCUT2D eigenvalue weighted by molar-refractivity contribution is 0.589. The van der Waals surface area contributed by atoms with Crippen LogP contribution in [0.25, 0.3) is 114 Å². The summed E-state index contributed by atoms with van der Waals surface area (Å²) in [5, 5.41) is 9.95. The molecule has 0 spiro atoms. The highest BCUT2D eigenvalue weighted by Gasteiger charge is 2.22. The second-order valence-electron chi connectivity index (χ2n) is 27.2. The van der Waals surface area contributed by atoms with Crippen LogP contribution in [-0.4, -0.2) is 4.57 Å². The molecule has 3 aromatic heterocycles. The van der Waals surface area contributed by atoms with Gasteiger partial charge in [0.05, 0.1) is 11.0 Å². The molecule has 16 aromatic rings. The van der Waals surface area contributed by atoms with E-state index in [2.05, 4.69) is 330 Å². The lowest BCUT2D eigenvalue weighted by Crippen LogP contribution is -2.11. The Morgan fingerprint density at radius 1 is 0.315 bits per heavy atom. The van der Waals surface area contributed by atoms with Crippen LogP contribution in [0.4, 0.5) is 17.1 Å². The van der Waals surface area contributed by atoms with Gasteiger partial charge in [-0.2, -0.15) is 0 Å². The molecule has 16 rings (SSSR count). The Labute approximate surface area is 543 Å². The summed E-state index contributed by atoms with van der Waals surface area (Å²) in [6.45, 7) is 13.8. The molecular weight excluding hydrogens is 1130 g/mol. The summed E-state index contributed by atoms with van der Waals surface area (Å²) >= 11 is 1.87. The number of anilines is 3. The van der Waals surface area contributed by atoms with Crippen LogP contribution in [0.1, 0.15) is 74.9 Å². The fourth-order valence-electron chi connectivity index (χ4n) is 14.1. The topological polar surface area (TPSA) is 21.3 Å². The highest BCUT2D eigenvalue weighted by atomic mass is 32.1. The van der Waals surface area contributed by atoms with Gasteiger partial charge in [-0.15, -0.1) is 11.3 Å². The Morgan fingerprint density at radius 3 is 1.46 bits per heavy atom. The number of nitrogens with zero attached hydrogens (tertiary/aromatic N) is 2. The molecule has 0 fully saturated rings. The molecular formula is C88H72N2OS. The predicted molar refractivity (Wildman–Crippen MR) is 395 cm³/mol. The van der Waals surface area contributed by atoms with Crippen molar-refractivity contribution in [3.63, 3.8) is 0 Å². The van der Waals surface area contributed by atoms with E-state index in [1.165, 1.54) is 120 Å². The maximum atomic E-state index is 6.40. The Morgan fingerprint density at radius 2 is 0.793 bits per heavy atom. The standard InChI is InChI=1S/C88H72N2OS/c1-87(2,3)67-39-26-57(27-40-67)24-30-64-50-66(63-37-48-84-79(53-63)74-19-11-14-22-83(74)91-84)55-76-65(31-25-58-28-41-68(42-29-58)88(4,5)6)51-72(56-77(64)76)89(71-45-34-60(35-46-71)62-38-49-86-80(54-62)75-20-12-15-23-85(75)92-86)70-43-32-59(33-44-70)61-36-47-82-78(52-61)73-18-10-13-21-81(73)90(82)69-16-8-7-9-17-69/h7-23,26-29,32-56H,24-25,30-31H2,1-6H3. The third-order valence-electron chi connectivity index (χ3n) is 19.2. The first-order chi connectivity index (χ1) is 44.8. The molecule has 0 bridgehead atoms. The molecule has 3 heterocycles. The molecule has 0 saturated carbocycles. The number of fused-ring (bicyclic) bond motifs is 10. The molecule has 3 nitrogen and oxygen atoms in total. The third kappa shape index (κ3) is 10.6. The highest BCUT2D eigenvalue weighted by molar-refractivity contribution is 7.25. The van der Waals surface area contributed by atoms with Crippen molar-refractivity contribution >= 4 is 103 Å². The molecule has 13 aromatic carbocycles. The lowest BCUT2D eigenvalue weighted by atomic mass is 9.85. The number of rotatable bonds is 13. The van der Waals surface area contributed by atoms with Crippen LogP contribution in [-0.2, 0) is 36.5 Å². The van der Waals surface area contributed by atoms with E-state index in [1.807, 2.05) is 11.3 Å². The maximum Gasteiger partial charge on any atom is 0.135 e. The number of hydrogen-bond acceptors (Lipinski definition) is 3. The van der Waals surface area contributed by atoms with Gasteiger partial charge in [0.1, 0.15) is 11.2 Å². The minimum Gasteiger partial charge on any atom is -0.456 e. The lowest BCUT2D eigenvalue weighted by Gasteiger charge is -2.28. The fourth-order valence-corrected chi connectivity index (χ4v) is 15.2. The Bertz CT molecular complexity index is 5440. The second kappa shape index (κ2) is 22.9. The molecule has 0 aliphatic heterocycles. The van der Waals surface area contributed by atoms with E-state index in [1.54, 1.807) is 0 Å². The average molecular weight is 1210 g/mol. The number of aryl methyl sites for hydroxylation is 4. The zero-order valence-corrected chi connectivity index (χ0v) is 53.9. The largest absolute Gasteiger partial charge is 0.456 e. The van der Waals surface area contributed by atoms with E-state index >= 15 is 0 Å². The van der Waals surface area contributed by atoms with Gasteiger partial charge in [0, 0.05) is 64.5 Å². The summed E-state index contributed by atoms with van der Waals surface area (Å²) in [5.74, 6) is 0. The van der Waals surface area contributed by atoms with Crippen LogP contribution in [0.5, 0.6) is 0 Å². The van der Waals surface area contributed by atoms with Crippen molar-refractivity contribution in [3.8, 4) is 39.1 Å². The van der Waals surface area contributed by atoms with Gasteiger partial charge in [0.2, 0.25) is 0 Å². The average Bonchev–Trinajstić information content (AvgIpc) is 1.73. The number of benzene rings is 13. The van der Waals surface area contributed by atoms with Crippen molar-refractivity contribution in [3.05, 3.63) is 312 Å². The quantitative estimate of drug-likeness (QED) is 0.115. The van der Waals surface area contributed by atoms with Crippen molar-refractivity contribution in [1.82, 2.24) is 4.57 Å². The first-order valence-corrected chi connectivity index (χ1v) is 33.3. The van der Waals surface area contributed by atoms with Gasteiger partial charge in [-0.25, -0.2) is 0 Å². The van der Waals surface area contributed by atoms with Crippen molar-refractivity contribution in [2.75, 3.05) is 4.90 Å². The first kappa shape index (κ1) is 56.9. The van der Waals surface area contributed by atoms with Crippen molar-refractivity contribution < 1.29 is 4.42 Å². The van der Waals surface area contributed by atoms with Gasteiger partial charge < -0.3 is 13.9 Å². The summed E-state index contributed by atoms with van der Waals surface area (Å²) in [4.78, 5) is 2.50. The summed E-state index contributed by atoms with van der Waals surface area (Å²) in [6.07, 6.45) is 3.54. The van der Waals surface area contributed by atoms with Crippen molar-refractivity contribution in [2.45, 2.75) is 78.1 Å². The second-order valence-corrected chi connectivity index (χ2v) is 28.3. The van der Waals surface area contributed by atoms with E-state index < -0.39 is 0 Å². The van der Waals surface area contributed by atoms with Gasteiger partial charge in [-0.1, -0.05) is 211 Å². The molecule has 0 atom stereocenters. The summed E-state index contributed by atoms with van der Waals surface area (Å²) in [7, 11) is 0. The van der Waals surface area contributed by atoms with Crippen LogP contribution in [0, 0.1) is 0 Å². The molecule has 0 N–H and O–H groups in total. The molecule has 0 unspecified atom stereocenters. The molecule has 0 aliphatic rings. The summed E-state index contributed by atoms with van der Waals surface area (Å²) in [5.41, 5.74) is 24.0. The fraction of sp³-hybridized carbons (Fsp3) is 0.136. The highest BCUT2D eigenvalue weighted by Crippen LogP contribution is 2.45. The number of thiophene rings is 1. The van der Waals surface area contributed by atoms with Crippen LogP contribution in [0.3, 0.4) is 0 Å². The van der Waals surface area contributed by atoms with Crippen molar-refractivity contribution in [1.29, 1.82) is 0 Å². The Hall–Kier alpha value is -10.3. The zero-order valence-electron chi connectivity index (χ0n) is 53.1.